The highest BCUT2D eigenvalue weighted by Gasteiger charge is 2.60. The number of nitriles is 1. The number of hydrogen-bond acceptors (Lipinski definition) is 15. The third-order valence-electron chi connectivity index (χ3n) is 15.1. The Balaban J connectivity index is 1.39. The zero-order valence-electron chi connectivity index (χ0n) is 45.4. The van der Waals surface area contributed by atoms with Crippen molar-refractivity contribution >= 4 is 24.2 Å². The van der Waals surface area contributed by atoms with Crippen LogP contribution >= 0.6 is 7.60 Å². The summed E-state index contributed by atoms with van der Waals surface area (Å²) in [7, 11) is -7.05. The summed E-state index contributed by atoms with van der Waals surface area (Å²) < 4.78 is 78.5. The van der Waals surface area contributed by atoms with Crippen molar-refractivity contribution in [3.8, 4) is 17.6 Å². The molecule has 2 aliphatic heterocycles. The molecule has 22 heteroatoms. The first-order valence-electron chi connectivity index (χ1n) is 25.3. The lowest BCUT2D eigenvalue weighted by molar-refractivity contribution is -0.0867. The maximum Gasteiger partial charge on any atom is 0.339 e. The predicted octanol–water partition coefficient (Wildman–Crippen LogP) is 8.59. The number of rotatable bonds is 21. The fourth-order valence-electron chi connectivity index (χ4n) is 8.99. The van der Waals surface area contributed by atoms with Crippen LogP contribution in [-0.4, -0.2) is 99.9 Å². The molecule has 0 aliphatic carbocycles. The van der Waals surface area contributed by atoms with E-state index in [1.165, 1.54) is 33.7 Å². The Kier molecular flexibility index (Phi) is 17.8. The molecule has 76 heavy (non-hydrogen) atoms. The average Bonchev–Trinajstić information content (AvgIpc) is 3.93. The molecular formula is C54H72N5O14PSi2. The summed E-state index contributed by atoms with van der Waals surface area (Å²) in [5.41, 5.74) is -3.44. The summed E-state index contributed by atoms with van der Waals surface area (Å²) >= 11 is 0. The van der Waals surface area contributed by atoms with Crippen LogP contribution < -0.4 is 32.0 Å². The summed E-state index contributed by atoms with van der Waals surface area (Å²) in [6.45, 7) is 19.5. The Morgan fingerprint density at radius 2 is 1.17 bits per heavy atom. The number of nitrogens with one attached hydrogen (secondary N) is 2. The number of benzene rings is 3. The zero-order chi connectivity index (χ0) is 55.4. The SMILES string of the molecule is COc1ccc(C(OC[C@H]2O[C@@H](n3ccc(=O)[nH]c3=O)[C@@H](O[Si](C)(C)C(C)(C)C)[C@H]2P(=O)(OCCC#N)OC[C@@H]2C[C@@H](O[Si](C)(C)C(C)(C)C)[C@H](n3ccc(=O)[nH]c3=O)O2)(c2ccccc2)c2ccc(OC)cc2)cc1. The van der Waals surface area contributed by atoms with Crippen LogP contribution in [0.25, 0.3) is 0 Å². The summed E-state index contributed by atoms with van der Waals surface area (Å²) in [4.78, 5) is 56.8. The first kappa shape index (κ1) is 58.2. The normalized spacial score (nSPS) is 22.2. The van der Waals surface area contributed by atoms with Crippen molar-refractivity contribution in [2.24, 2.45) is 0 Å². The van der Waals surface area contributed by atoms with Gasteiger partial charge in [-0.1, -0.05) is 96.1 Å². The van der Waals surface area contributed by atoms with Gasteiger partial charge in [0.2, 0.25) is 0 Å². The number of nitrogens with zero attached hydrogens (tertiary/aromatic N) is 3. The standard InChI is InChI=1S/C54H72N5O14PSi2/c1-52(2,3)75(9,10)72-42-33-41(70-48(42)58-30-27-44(60)56-50(58)62)34-69-74(64,68-32-16-29-55)47-43(71-49(59-31-28-45(61)57-51(59)63)46(47)73-76(11,12)53(4,5)6)35-67-54(36-17-14-13-15-18-36,37-19-23-39(65-7)24-20-37)38-21-25-40(66-8)26-22-38/h13-15,17-28,30-31,41-43,46-49H,16,32-35H2,1-12H3,(H,56,60,62)(H,57,61,63)/t41-,42+,43+,46-,47-,48+,49+,74?/m0/s1. The molecule has 3 aromatic carbocycles. The molecule has 2 fully saturated rings. The molecule has 0 saturated carbocycles. The Morgan fingerprint density at radius 3 is 1.66 bits per heavy atom. The summed E-state index contributed by atoms with van der Waals surface area (Å²) in [6, 6.07) is 28.9. The highest BCUT2D eigenvalue weighted by molar-refractivity contribution is 7.54. The number of hydrogen-bond donors (Lipinski definition) is 2. The van der Waals surface area contributed by atoms with Crippen molar-refractivity contribution in [1.29, 1.82) is 5.26 Å². The number of H-pyrrole nitrogens is 2. The van der Waals surface area contributed by atoms with Crippen LogP contribution in [0.4, 0.5) is 0 Å². The predicted molar refractivity (Wildman–Crippen MR) is 291 cm³/mol. The van der Waals surface area contributed by atoms with Crippen molar-refractivity contribution in [2.75, 3.05) is 34.0 Å². The molecule has 2 saturated heterocycles. The molecule has 410 valence electrons. The van der Waals surface area contributed by atoms with Crippen LogP contribution in [0.15, 0.2) is 123 Å². The zero-order valence-corrected chi connectivity index (χ0v) is 48.3. The molecule has 0 radical (unpaired) electrons. The van der Waals surface area contributed by atoms with Gasteiger partial charge in [-0.15, -0.1) is 0 Å². The topological polar surface area (TPSA) is 234 Å². The molecule has 4 heterocycles. The maximum atomic E-state index is 16.6. The first-order valence-corrected chi connectivity index (χ1v) is 32.7. The molecule has 0 bridgehead atoms. The Hall–Kier alpha value is -5.51. The van der Waals surface area contributed by atoms with Gasteiger partial charge >= 0.3 is 19.0 Å². The van der Waals surface area contributed by atoms with Crippen molar-refractivity contribution in [3.63, 3.8) is 0 Å². The number of aromatic nitrogens is 4. The summed E-state index contributed by atoms with van der Waals surface area (Å²) in [5, 5.41) is 9.16. The minimum absolute atomic E-state index is 0.176. The van der Waals surface area contributed by atoms with Gasteiger partial charge in [-0.25, -0.2) is 9.59 Å². The van der Waals surface area contributed by atoms with E-state index in [1.807, 2.05) is 113 Å². The second kappa shape index (κ2) is 23.2. The highest BCUT2D eigenvalue weighted by Crippen LogP contribution is 2.62. The number of aromatic amines is 2. The van der Waals surface area contributed by atoms with Gasteiger partial charge in [0.1, 0.15) is 35.0 Å². The smallest absolute Gasteiger partial charge is 0.339 e. The van der Waals surface area contributed by atoms with Gasteiger partial charge in [0.25, 0.3) is 11.1 Å². The fourth-order valence-corrected chi connectivity index (χ4v) is 14.0. The van der Waals surface area contributed by atoms with Crippen molar-refractivity contribution in [2.45, 2.75) is 139 Å². The average molecular weight is 1100 g/mol. The van der Waals surface area contributed by atoms with Crippen LogP contribution in [0.2, 0.25) is 36.3 Å². The number of ether oxygens (including phenoxy) is 5. The molecule has 0 amide bonds. The lowest BCUT2D eigenvalue weighted by Gasteiger charge is -2.42. The Labute approximate surface area is 445 Å². The molecule has 2 N–H and O–H groups in total. The second-order valence-corrected chi connectivity index (χ2v) is 33.8. The lowest BCUT2D eigenvalue weighted by atomic mass is 9.80. The van der Waals surface area contributed by atoms with E-state index in [0.29, 0.717) is 22.6 Å². The van der Waals surface area contributed by atoms with E-state index in [2.05, 4.69) is 49.9 Å². The van der Waals surface area contributed by atoms with Crippen LogP contribution in [0.3, 0.4) is 0 Å². The van der Waals surface area contributed by atoms with Gasteiger partial charge in [-0.2, -0.15) is 5.26 Å². The summed E-state index contributed by atoms with van der Waals surface area (Å²) in [6.07, 6.45) is -3.82. The van der Waals surface area contributed by atoms with Gasteiger partial charge in [-0.3, -0.25) is 33.3 Å². The van der Waals surface area contributed by atoms with Gasteiger partial charge in [0.05, 0.1) is 58.7 Å². The third-order valence-corrected chi connectivity index (χ3v) is 26.5. The van der Waals surface area contributed by atoms with Gasteiger partial charge in [-0.05, 0) is 77.2 Å². The largest absolute Gasteiger partial charge is 0.497 e. The summed E-state index contributed by atoms with van der Waals surface area (Å²) in [5.74, 6) is 1.21. The molecule has 2 aliphatic rings. The van der Waals surface area contributed by atoms with E-state index in [-0.39, 0.29) is 37.7 Å². The quantitative estimate of drug-likeness (QED) is 0.0303. The molecular weight excluding hydrogens is 1030 g/mol. The Morgan fingerprint density at radius 1 is 0.671 bits per heavy atom. The van der Waals surface area contributed by atoms with Gasteiger partial charge in [0.15, 0.2) is 29.1 Å². The fraction of sp³-hybridized carbons (Fsp3) is 0.500. The molecule has 0 spiro atoms. The molecule has 2 aromatic heterocycles. The molecule has 19 nitrogen and oxygen atoms in total. The maximum absolute atomic E-state index is 16.6. The Bertz CT molecular complexity index is 3060. The van der Waals surface area contributed by atoms with Gasteiger partial charge in [0, 0.05) is 30.9 Å². The molecule has 1 unspecified atom stereocenters. The first-order chi connectivity index (χ1) is 35.8. The van der Waals surface area contributed by atoms with Crippen molar-refractivity contribution in [3.05, 3.63) is 162 Å². The van der Waals surface area contributed by atoms with Crippen molar-refractivity contribution in [1.82, 2.24) is 19.1 Å². The van der Waals surface area contributed by atoms with E-state index >= 15 is 4.57 Å². The van der Waals surface area contributed by atoms with E-state index in [4.69, 9.17) is 41.6 Å². The van der Waals surface area contributed by atoms with Crippen LogP contribution in [0.1, 0.15) is 83.5 Å². The van der Waals surface area contributed by atoms with Gasteiger partial charge < -0.3 is 41.6 Å². The van der Waals surface area contributed by atoms with E-state index in [1.54, 1.807) is 14.2 Å². The van der Waals surface area contributed by atoms with E-state index in [0.717, 1.165) is 5.56 Å². The minimum atomic E-state index is -4.70. The third kappa shape index (κ3) is 12.4. The highest BCUT2D eigenvalue weighted by atomic mass is 31.2. The van der Waals surface area contributed by atoms with E-state index < -0.39 is 99.9 Å². The van der Waals surface area contributed by atoms with Crippen LogP contribution in [-0.2, 0) is 42.3 Å². The minimum Gasteiger partial charge on any atom is -0.497 e. The lowest BCUT2D eigenvalue weighted by Crippen LogP contribution is -2.50. The van der Waals surface area contributed by atoms with Crippen LogP contribution in [0, 0.1) is 11.3 Å². The monoisotopic (exact) mass is 1100 g/mol. The molecule has 5 aromatic rings. The molecule has 7 rings (SSSR count). The van der Waals surface area contributed by atoms with E-state index in [9.17, 15) is 24.4 Å². The van der Waals surface area contributed by atoms with Crippen LogP contribution in [0.5, 0.6) is 11.5 Å². The molecule has 8 atom stereocenters. The number of methoxy groups -OCH3 is 2. The second-order valence-electron chi connectivity index (χ2n) is 22.1. The van der Waals surface area contributed by atoms with Crippen molar-refractivity contribution < 1.29 is 46.1 Å².